The highest BCUT2D eigenvalue weighted by Crippen LogP contribution is 2.45. The molecule has 0 radical (unpaired) electrons. The van der Waals surface area contributed by atoms with Crippen LogP contribution in [0.2, 0.25) is 0 Å². The van der Waals surface area contributed by atoms with Crippen LogP contribution in [-0.2, 0) is 65.4 Å². The summed E-state index contributed by atoms with van der Waals surface area (Å²) >= 11 is 0. The molecule has 0 heterocycles. The maximum atomic E-state index is 13.1. The highest BCUT2D eigenvalue weighted by molar-refractivity contribution is 7.47. The van der Waals surface area contributed by atoms with Crippen molar-refractivity contribution in [1.29, 1.82) is 0 Å². The number of rotatable bonds is 81. The van der Waals surface area contributed by atoms with Crippen LogP contribution in [0.3, 0.4) is 0 Å². The number of hydrogen-bond donors (Lipinski definition) is 3. The van der Waals surface area contributed by atoms with Gasteiger partial charge in [-0.3, -0.25) is 37.3 Å². The first kappa shape index (κ1) is 98.1. The van der Waals surface area contributed by atoms with Crippen molar-refractivity contribution >= 4 is 39.5 Å². The van der Waals surface area contributed by atoms with E-state index in [4.69, 9.17) is 37.0 Å². The fourth-order valence-corrected chi connectivity index (χ4v) is 14.1. The molecule has 100 heavy (non-hydrogen) atoms. The van der Waals surface area contributed by atoms with E-state index in [2.05, 4.69) is 34.6 Å². The zero-order valence-electron chi connectivity index (χ0n) is 65.3. The van der Waals surface area contributed by atoms with Gasteiger partial charge in [0.1, 0.15) is 19.3 Å². The number of unbranched alkanes of at least 4 members (excludes halogenated alkanes) is 52. The van der Waals surface area contributed by atoms with Gasteiger partial charge in [0.05, 0.1) is 26.4 Å². The van der Waals surface area contributed by atoms with Gasteiger partial charge < -0.3 is 33.8 Å². The standard InChI is InChI=1S/C81H158O17P2/c1-6-10-13-16-19-22-24-26-28-29-30-31-32-38-42-47-52-57-62-67-81(86)98-77(71-92-79(84)65-60-55-50-45-40-37-34-33-35-39-44-48-53-58-63-74(5)9-4)73-96-100(89,90)94-69-75(82)68-93-99(87,88)95-72-76(70-91-78(83)64-59-54-49-43-21-18-15-12-8-3)97-80(85)66-61-56-51-46-41-36-27-25-23-20-17-14-11-7-2/h74-77,82H,6-73H2,1-5H3,(H,87,88)(H,89,90)/t74?,75-,76+,77+/m0/s1. The normalized spacial score (nSPS) is 14.1. The number of phosphoric ester groups is 2. The van der Waals surface area contributed by atoms with E-state index in [1.54, 1.807) is 0 Å². The maximum absolute atomic E-state index is 13.1. The number of aliphatic hydroxyl groups is 1. The van der Waals surface area contributed by atoms with Crippen molar-refractivity contribution in [3.8, 4) is 0 Å². The van der Waals surface area contributed by atoms with Crippen LogP contribution in [0.25, 0.3) is 0 Å². The molecule has 594 valence electrons. The number of phosphoric acid groups is 2. The molecular weight excluding hydrogens is 1310 g/mol. The predicted molar refractivity (Wildman–Crippen MR) is 409 cm³/mol. The first-order valence-corrected chi connectivity index (χ1v) is 45.2. The molecule has 0 aromatic rings. The summed E-state index contributed by atoms with van der Waals surface area (Å²) in [5.74, 6) is -1.26. The molecule has 0 fully saturated rings. The van der Waals surface area contributed by atoms with E-state index in [0.29, 0.717) is 25.7 Å². The number of ether oxygens (including phenoxy) is 4. The Morgan fingerprint density at radius 3 is 0.710 bits per heavy atom. The Bertz CT molecular complexity index is 1910. The van der Waals surface area contributed by atoms with Crippen molar-refractivity contribution in [2.75, 3.05) is 39.6 Å². The summed E-state index contributed by atoms with van der Waals surface area (Å²) < 4.78 is 68.7. The lowest BCUT2D eigenvalue weighted by atomic mass is 9.99. The molecular formula is C81H158O17P2. The van der Waals surface area contributed by atoms with E-state index in [1.165, 1.54) is 257 Å². The average Bonchev–Trinajstić information content (AvgIpc) is 0.989. The summed E-state index contributed by atoms with van der Waals surface area (Å²) in [4.78, 5) is 73.0. The third-order valence-corrected chi connectivity index (χ3v) is 21.3. The fourth-order valence-electron chi connectivity index (χ4n) is 12.6. The van der Waals surface area contributed by atoms with Gasteiger partial charge in [-0.25, -0.2) is 9.13 Å². The zero-order valence-corrected chi connectivity index (χ0v) is 67.1. The molecule has 0 aromatic carbocycles. The maximum Gasteiger partial charge on any atom is 0.472 e. The van der Waals surface area contributed by atoms with Gasteiger partial charge >= 0.3 is 39.5 Å². The summed E-state index contributed by atoms with van der Waals surface area (Å²) in [6.45, 7) is 7.38. The van der Waals surface area contributed by atoms with Crippen molar-refractivity contribution in [1.82, 2.24) is 0 Å². The van der Waals surface area contributed by atoms with Crippen molar-refractivity contribution in [2.24, 2.45) is 5.92 Å². The number of hydrogen-bond acceptors (Lipinski definition) is 15. The summed E-state index contributed by atoms with van der Waals surface area (Å²) in [7, 11) is -9.92. The van der Waals surface area contributed by atoms with Gasteiger partial charge in [0.2, 0.25) is 0 Å². The molecule has 0 amide bonds. The summed E-state index contributed by atoms with van der Waals surface area (Å²) in [5, 5.41) is 10.6. The van der Waals surface area contributed by atoms with Crippen molar-refractivity contribution in [3.63, 3.8) is 0 Å². The van der Waals surface area contributed by atoms with Crippen molar-refractivity contribution < 1.29 is 80.2 Å². The van der Waals surface area contributed by atoms with Crippen molar-refractivity contribution in [2.45, 2.75) is 451 Å². The first-order chi connectivity index (χ1) is 48.6. The molecule has 0 spiro atoms. The lowest BCUT2D eigenvalue weighted by Crippen LogP contribution is -2.30. The molecule has 3 N–H and O–H groups in total. The van der Waals surface area contributed by atoms with Crippen LogP contribution < -0.4 is 0 Å². The minimum Gasteiger partial charge on any atom is -0.462 e. The smallest absolute Gasteiger partial charge is 0.462 e. The van der Waals surface area contributed by atoms with Gasteiger partial charge in [0, 0.05) is 25.7 Å². The minimum atomic E-state index is -4.96. The molecule has 0 saturated carbocycles. The van der Waals surface area contributed by atoms with Crippen LogP contribution in [0, 0.1) is 5.92 Å². The second-order valence-electron chi connectivity index (χ2n) is 29.4. The predicted octanol–water partition coefficient (Wildman–Crippen LogP) is 24.4. The second kappa shape index (κ2) is 73.9. The monoisotopic (exact) mass is 1470 g/mol. The molecule has 0 saturated heterocycles. The largest absolute Gasteiger partial charge is 0.472 e. The van der Waals surface area contributed by atoms with Crippen LogP contribution >= 0.6 is 15.6 Å². The molecule has 0 bridgehead atoms. The van der Waals surface area contributed by atoms with Gasteiger partial charge in [-0.1, -0.05) is 381 Å². The highest BCUT2D eigenvalue weighted by Gasteiger charge is 2.30. The average molecular weight is 1470 g/mol. The topological polar surface area (TPSA) is 237 Å². The molecule has 0 aliphatic carbocycles. The molecule has 6 atom stereocenters. The Balaban J connectivity index is 5.22. The number of esters is 4. The van der Waals surface area contributed by atoms with Gasteiger partial charge in [-0.15, -0.1) is 0 Å². The van der Waals surface area contributed by atoms with E-state index < -0.39 is 97.5 Å². The first-order valence-electron chi connectivity index (χ1n) is 42.2. The lowest BCUT2D eigenvalue weighted by molar-refractivity contribution is -0.161. The SMILES string of the molecule is CCCCCCCCCCCCCCCCCCCCCC(=O)O[C@H](COC(=O)CCCCCCCCCCCCCCCCC(C)CC)COP(=O)(O)OC[C@@H](O)COP(=O)(O)OC[C@@H](COC(=O)CCCCCCCCCCC)OC(=O)CCCCCCCCCCCCCCCC. The van der Waals surface area contributed by atoms with Gasteiger partial charge in [0.15, 0.2) is 12.2 Å². The summed E-state index contributed by atoms with van der Waals surface area (Å²) in [6.07, 6.45) is 65.1. The summed E-state index contributed by atoms with van der Waals surface area (Å²) in [6, 6.07) is 0. The van der Waals surface area contributed by atoms with Gasteiger partial charge in [-0.05, 0) is 31.6 Å². The third kappa shape index (κ3) is 73.0. The van der Waals surface area contributed by atoms with Crippen LogP contribution in [0.4, 0.5) is 0 Å². The quantitative estimate of drug-likeness (QED) is 0.0222. The van der Waals surface area contributed by atoms with E-state index >= 15 is 0 Å². The van der Waals surface area contributed by atoms with Gasteiger partial charge in [0.25, 0.3) is 0 Å². The fraction of sp³-hybridized carbons (Fsp3) is 0.951. The number of carbonyl (C=O) groups excluding carboxylic acids is 4. The van der Waals surface area contributed by atoms with Gasteiger partial charge in [-0.2, -0.15) is 0 Å². The van der Waals surface area contributed by atoms with E-state index in [-0.39, 0.29) is 25.7 Å². The minimum absolute atomic E-state index is 0.108. The second-order valence-corrected chi connectivity index (χ2v) is 32.3. The lowest BCUT2D eigenvalue weighted by Gasteiger charge is -2.21. The Morgan fingerprint density at radius 1 is 0.280 bits per heavy atom. The van der Waals surface area contributed by atoms with Crippen molar-refractivity contribution in [3.05, 3.63) is 0 Å². The Morgan fingerprint density at radius 2 is 0.480 bits per heavy atom. The van der Waals surface area contributed by atoms with E-state index in [1.807, 2.05) is 0 Å². The molecule has 0 aliphatic heterocycles. The molecule has 17 nitrogen and oxygen atoms in total. The molecule has 0 rings (SSSR count). The summed E-state index contributed by atoms with van der Waals surface area (Å²) in [5.41, 5.74) is 0. The zero-order chi connectivity index (χ0) is 73.4. The van der Waals surface area contributed by atoms with E-state index in [9.17, 15) is 43.2 Å². The Labute approximate surface area is 613 Å². The molecule has 0 aliphatic rings. The number of carbonyl (C=O) groups is 4. The van der Waals surface area contributed by atoms with Crippen LogP contribution in [0.1, 0.15) is 433 Å². The third-order valence-electron chi connectivity index (χ3n) is 19.4. The van der Waals surface area contributed by atoms with E-state index in [0.717, 1.165) is 95.8 Å². The Kier molecular flexibility index (Phi) is 72.5. The molecule has 3 unspecified atom stereocenters. The molecule has 19 heteroatoms. The van der Waals surface area contributed by atoms with Crippen LogP contribution in [0.15, 0.2) is 0 Å². The highest BCUT2D eigenvalue weighted by atomic mass is 31.2. The number of aliphatic hydroxyl groups excluding tert-OH is 1. The molecule has 0 aromatic heterocycles. The van der Waals surface area contributed by atoms with Crippen LogP contribution in [0.5, 0.6) is 0 Å². The van der Waals surface area contributed by atoms with Crippen LogP contribution in [-0.4, -0.2) is 96.7 Å². The Hall–Kier alpha value is -1.94.